The summed E-state index contributed by atoms with van der Waals surface area (Å²) in [6, 6.07) is 0. The Morgan fingerprint density at radius 2 is 2.08 bits per heavy atom. The molecule has 4 heteroatoms. The van der Waals surface area contributed by atoms with Gasteiger partial charge in [0.2, 0.25) is 11.5 Å². The van der Waals surface area contributed by atoms with Crippen molar-refractivity contribution in [2.24, 2.45) is 14.1 Å². The Labute approximate surface area is 71.1 Å². The summed E-state index contributed by atoms with van der Waals surface area (Å²) in [5.74, 6) is 0.374. The fourth-order valence-corrected chi connectivity index (χ4v) is 1.22. The van der Waals surface area contributed by atoms with Gasteiger partial charge in [-0.1, -0.05) is 0 Å². The molecule has 12 heavy (non-hydrogen) atoms. The number of nitrogens with zero attached hydrogens (tertiary/aromatic N) is 2. The summed E-state index contributed by atoms with van der Waals surface area (Å²) in [5, 5.41) is 11.4. The first kappa shape index (κ1) is 8.77. The molecule has 0 aliphatic heterocycles. The molecule has 66 valence electrons. The molecule has 1 aromatic heterocycles. The van der Waals surface area contributed by atoms with Crippen molar-refractivity contribution in [2.45, 2.75) is 13.8 Å². The van der Waals surface area contributed by atoms with Gasteiger partial charge >= 0.3 is 0 Å². The first-order valence-electron chi connectivity index (χ1n) is 3.70. The molecule has 0 aromatic carbocycles. The van der Waals surface area contributed by atoms with E-state index in [1.807, 2.05) is 0 Å². The Morgan fingerprint density at radius 3 is 2.25 bits per heavy atom. The molecule has 0 amide bonds. The molecule has 0 radical (unpaired) electrons. The highest BCUT2D eigenvalue weighted by molar-refractivity contribution is 5.94. The molecular weight excluding hydrogens is 156 g/mol. The minimum atomic E-state index is -0.220. The van der Waals surface area contributed by atoms with Crippen LogP contribution in [0.3, 0.4) is 0 Å². The van der Waals surface area contributed by atoms with Gasteiger partial charge in [-0.3, -0.25) is 4.79 Å². The summed E-state index contributed by atoms with van der Waals surface area (Å²) < 4.78 is 3.08. The molecular formula is C8H12N2O2. The van der Waals surface area contributed by atoms with Gasteiger partial charge in [-0.25, -0.2) is 9.13 Å². The van der Waals surface area contributed by atoms with Crippen LogP contribution >= 0.6 is 0 Å². The predicted molar refractivity (Wildman–Crippen MR) is 40.8 cm³/mol. The lowest BCUT2D eigenvalue weighted by atomic mass is 10.3. The van der Waals surface area contributed by atoms with E-state index in [9.17, 15) is 9.90 Å². The van der Waals surface area contributed by atoms with Crippen LogP contribution in [-0.4, -0.2) is 10.4 Å². The van der Waals surface area contributed by atoms with Crippen molar-refractivity contribution in [3.63, 3.8) is 0 Å². The van der Waals surface area contributed by atoms with Crippen LogP contribution in [0.2, 0.25) is 0 Å². The quantitative estimate of drug-likeness (QED) is 0.416. The number of hydrogen-bond acceptors (Lipinski definition) is 2. The lowest BCUT2D eigenvalue weighted by Gasteiger charge is -1.99. The third-order valence-electron chi connectivity index (χ3n) is 2.15. The molecule has 0 saturated carbocycles. The maximum absolute atomic E-state index is 11.4. The smallest absolute Gasteiger partial charge is 0.252 e. The first-order chi connectivity index (χ1) is 5.46. The van der Waals surface area contributed by atoms with Gasteiger partial charge in [0.25, 0.3) is 5.82 Å². The number of carbonyl (C=O) groups excluding carboxylic acids is 1. The number of imidazole rings is 1. The number of hydrogen-bond donors (Lipinski definition) is 0. The van der Waals surface area contributed by atoms with Crippen molar-refractivity contribution < 1.29 is 14.5 Å². The summed E-state index contributed by atoms with van der Waals surface area (Å²) in [7, 11) is 3.37. The molecule has 0 fully saturated rings. The van der Waals surface area contributed by atoms with Crippen LogP contribution in [0.5, 0.6) is 5.88 Å². The molecule has 1 rings (SSSR count). The minimum Gasteiger partial charge on any atom is -0.839 e. The third-order valence-corrected chi connectivity index (χ3v) is 2.15. The first-order valence-corrected chi connectivity index (χ1v) is 3.70. The summed E-state index contributed by atoms with van der Waals surface area (Å²) in [6.07, 6.45) is 0. The van der Waals surface area contributed by atoms with Gasteiger partial charge in [0.15, 0.2) is 0 Å². The average molecular weight is 168 g/mol. The van der Waals surface area contributed by atoms with Crippen LogP contribution in [0.4, 0.5) is 0 Å². The molecule has 1 heterocycles. The lowest BCUT2D eigenvalue weighted by molar-refractivity contribution is -0.717. The van der Waals surface area contributed by atoms with E-state index in [0.717, 1.165) is 5.82 Å². The van der Waals surface area contributed by atoms with Crippen LogP contribution in [0.1, 0.15) is 23.2 Å². The van der Waals surface area contributed by atoms with Crippen molar-refractivity contribution in [1.82, 2.24) is 4.57 Å². The maximum Gasteiger partial charge on any atom is 0.252 e. The number of rotatable bonds is 1. The van der Waals surface area contributed by atoms with Gasteiger partial charge in [-0.05, 0) is 0 Å². The lowest BCUT2D eigenvalue weighted by Crippen LogP contribution is -2.33. The maximum atomic E-state index is 11.4. The molecule has 0 aliphatic carbocycles. The summed E-state index contributed by atoms with van der Waals surface area (Å²) >= 11 is 0. The normalized spacial score (nSPS) is 10.3. The second kappa shape index (κ2) is 2.62. The van der Waals surface area contributed by atoms with E-state index < -0.39 is 0 Å². The number of aromatic nitrogens is 2. The standard InChI is InChI=1S/C8H12N2O2/c1-5(11)7-8(12)10(4)6(2)9(7)3/h1-4H3. The van der Waals surface area contributed by atoms with Gasteiger partial charge in [-0.2, -0.15) is 0 Å². The zero-order valence-electron chi connectivity index (χ0n) is 7.71. The second-order valence-corrected chi connectivity index (χ2v) is 2.88. The predicted octanol–water partition coefficient (Wildman–Crippen LogP) is -0.566. The molecule has 0 aliphatic rings. The monoisotopic (exact) mass is 168 g/mol. The molecule has 1 aromatic rings. The number of Topliss-reactive ketones (excluding diaryl/α,β-unsaturated/α-hetero) is 1. The highest BCUT2D eigenvalue weighted by atomic mass is 16.3. The van der Waals surface area contributed by atoms with E-state index in [0.29, 0.717) is 0 Å². The Morgan fingerprint density at radius 1 is 1.58 bits per heavy atom. The van der Waals surface area contributed by atoms with E-state index in [1.165, 1.54) is 11.5 Å². The van der Waals surface area contributed by atoms with Gasteiger partial charge in [-0.15, -0.1) is 0 Å². The van der Waals surface area contributed by atoms with Crippen LogP contribution < -0.4 is 9.67 Å². The van der Waals surface area contributed by atoms with Gasteiger partial charge < -0.3 is 5.11 Å². The van der Waals surface area contributed by atoms with E-state index >= 15 is 0 Å². The minimum absolute atomic E-state index is 0.189. The van der Waals surface area contributed by atoms with Crippen LogP contribution in [-0.2, 0) is 14.1 Å². The highest BCUT2D eigenvalue weighted by Crippen LogP contribution is 2.10. The van der Waals surface area contributed by atoms with Crippen molar-refractivity contribution in [3.8, 4) is 5.88 Å². The van der Waals surface area contributed by atoms with Crippen LogP contribution in [0.25, 0.3) is 0 Å². The molecule has 4 nitrogen and oxygen atoms in total. The third kappa shape index (κ3) is 0.995. The Kier molecular flexibility index (Phi) is 1.92. The van der Waals surface area contributed by atoms with Crippen molar-refractivity contribution >= 4 is 5.78 Å². The Bertz CT molecular complexity index is 314. The fourth-order valence-electron chi connectivity index (χ4n) is 1.22. The SMILES string of the molecule is CC(=O)c1c([O-])[n+](C)c(C)n1C. The topological polar surface area (TPSA) is 48.9 Å². The summed E-state index contributed by atoms with van der Waals surface area (Å²) in [5.41, 5.74) is 0.245. The van der Waals surface area contributed by atoms with Crippen molar-refractivity contribution in [3.05, 3.63) is 11.5 Å². The fraction of sp³-hybridized carbons (Fsp3) is 0.500. The molecule has 0 saturated heterocycles. The van der Waals surface area contributed by atoms with Crippen LogP contribution in [0, 0.1) is 6.92 Å². The molecule has 0 atom stereocenters. The van der Waals surface area contributed by atoms with Crippen molar-refractivity contribution in [2.75, 3.05) is 0 Å². The van der Waals surface area contributed by atoms with Gasteiger partial charge in [0, 0.05) is 13.8 Å². The van der Waals surface area contributed by atoms with E-state index in [-0.39, 0.29) is 17.4 Å². The average Bonchev–Trinajstić information content (AvgIpc) is 2.16. The zero-order valence-corrected chi connectivity index (χ0v) is 7.71. The number of ketones is 1. The number of carbonyl (C=O) groups is 1. The zero-order chi connectivity index (χ0) is 9.46. The van der Waals surface area contributed by atoms with E-state index in [1.54, 1.807) is 25.6 Å². The summed E-state index contributed by atoms with van der Waals surface area (Å²) in [6.45, 7) is 3.20. The second-order valence-electron chi connectivity index (χ2n) is 2.88. The summed E-state index contributed by atoms with van der Waals surface area (Å²) in [4.78, 5) is 11.0. The van der Waals surface area contributed by atoms with Gasteiger partial charge in [0.1, 0.15) is 5.88 Å². The van der Waals surface area contributed by atoms with E-state index in [4.69, 9.17) is 0 Å². The Balaban J connectivity index is 3.48. The molecule has 0 N–H and O–H groups in total. The van der Waals surface area contributed by atoms with Crippen molar-refractivity contribution in [1.29, 1.82) is 0 Å². The van der Waals surface area contributed by atoms with E-state index in [2.05, 4.69) is 0 Å². The highest BCUT2D eigenvalue weighted by Gasteiger charge is 2.19. The van der Waals surface area contributed by atoms with Gasteiger partial charge in [0.05, 0.1) is 14.1 Å². The van der Waals surface area contributed by atoms with Crippen LogP contribution in [0.15, 0.2) is 0 Å². The molecule has 0 bridgehead atoms. The molecule has 0 unspecified atom stereocenters. The largest absolute Gasteiger partial charge is 0.839 e. The Hall–Kier alpha value is -1.32. The molecule has 0 spiro atoms.